The average molecular weight is 218 g/mol. The zero-order valence-corrected chi connectivity index (χ0v) is 8.85. The van der Waals surface area contributed by atoms with Crippen LogP contribution in [0.2, 0.25) is 0 Å². The fraction of sp³-hybridized carbons (Fsp3) is 0.364. The molecule has 15 heavy (non-hydrogen) atoms. The molecule has 0 aliphatic heterocycles. The van der Waals surface area contributed by atoms with Crippen LogP contribution >= 0.6 is 0 Å². The Labute approximate surface area is 87.0 Å². The van der Waals surface area contributed by atoms with Crippen LogP contribution in [0, 0.1) is 0 Å². The molecular formula is C11H13F3O. The molecule has 0 aliphatic carbocycles. The minimum atomic E-state index is -4.34. The monoisotopic (exact) mass is 218 g/mol. The average Bonchev–Trinajstić information content (AvgIpc) is 2.09. The summed E-state index contributed by atoms with van der Waals surface area (Å²) in [7, 11) is 0. The number of alkyl halides is 3. The topological polar surface area (TPSA) is 17.1 Å². The van der Waals surface area contributed by atoms with Crippen molar-refractivity contribution in [2.45, 2.75) is 26.9 Å². The second-order valence-corrected chi connectivity index (χ2v) is 3.01. The first kappa shape index (κ1) is 13.7. The van der Waals surface area contributed by atoms with E-state index in [0.717, 1.165) is 12.2 Å². The van der Waals surface area contributed by atoms with Gasteiger partial charge in [-0.15, -0.1) is 0 Å². The van der Waals surface area contributed by atoms with Crippen molar-refractivity contribution in [1.29, 1.82) is 0 Å². The maximum absolute atomic E-state index is 12.2. The molecule has 0 unspecified atom stereocenters. The van der Waals surface area contributed by atoms with E-state index in [2.05, 4.69) is 0 Å². The molecule has 0 spiro atoms. The standard InChI is InChI=1S/C11H13F3O/c1-4-10(11(12,13)14)7-5-6-8(2)9(3)15/h4-7H,1-3H3/b7-5-,8-6+,10-4-. The molecule has 0 amide bonds. The summed E-state index contributed by atoms with van der Waals surface area (Å²) in [5, 5.41) is 0. The highest BCUT2D eigenvalue weighted by Crippen LogP contribution is 2.26. The van der Waals surface area contributed by atoms with Gasteiger partial charge in [-0.3, -0.25) is 4.79 Å². The maximum atomic E-state index is 12.2. The van der Waals surface area contributed by atoms with Crippen LogP contribution in [-0.2, 0) is 4.79 Å². The first-order valence-electron chi connectivity index (χ1n) is 4.38. The van der Waals surface area contributed by atoms with E-state index in [0.29, 0.717) is 5.57 Å². The van der Waals surface area contributed by atoms with E-state index in [9.17, 15) is 18.0 Å². The van der Waals surface area contributed by atoms with E-state index >= 15 is 0 Å². The number of Topliss-reactive ketones (excluding diaryl/α,β-unsaturated/α-hetero) is 1. The van der Waals surface area contributed by atoms with E-state index in [4.69, 9.17) is 0 Å². The molecule has 0 N–H and O–H groups in total. The van der Waals surface area contributed by atoms with E-state index < -0.39 is 11.7 Å². The Morgan fingerprint density at radius 1 is 1.20 bits per heavy atom. The molecule has 0 rings (SSSR count). The van der Waals surface area contributed by atoms with E-state index in [-0.39, 0.29) is 5.78 Å². The predicted octanol–water partition coefficient (Wildman–Crippen LogP) is 3.59. The minimum Gasteiger partial charge on any atom is -0.295 e. The number of hydrogen-bond acceptors (Lipinski definition) is 1. The van der Waals surface area contributed by atoms with Crippen LogP contribution in [0.4, 0.5) is 13.2 Å². The molecule has 0 atom stereocenters. The van der Waals surface area contributed by atoms with Crippen molar-refractivity contribution < 1.29 is 18.0 Å². The van der Waals surface area contributed by atoms with Gasteiger partial charge >= 0.3 is 6.18 Å². The van der Waals surface area contributed by atoms with Gasteiger partial charge in [-0.05, 0) is 26.3 Å². The Hall–Kier alpha value is -1.32. The molecular weight excluding hydrogens is 205 g/mol. The summed E-state index contributed by atoms with van der Waals surface area (Å²) in [5.41, 5.74) is -0.307. The molecule has 0 saturated heterocycles. The summed E-state index contributed by atoms with van der Waals surface area (Å²) >= 11 is 0. The minimum absolute atomic E-state index is 0.159. The third-order valence-corrected chi connectivity index (χ3v) is 1.82. The number of halogens is 3. The smallest absolute Gasteiger partial charge is 0.295 e. The Balaban J connectivity index is 4.68. The fourth-order valence-corrected chi connectivity index (χ4v) is 0.768. The molecule has 0 radical (unpaired) electrons. The largest absolute Gasteiger partial charge is 0.416 e. The summed E-state index contributed by atoms with van der Waals surface area (Å²) in [6, 6.07) is 0. The van der Waals surface area contributed by atoms with Gasteiger partial charge in [0.25, 0.3) is 0 Å². The van der Waals surface area contributed by atoms with E-state index in [1.54, 1.807) is 6.92 Å². The highest BCUT2D eigenvalue weighted by atomic mass is 19.4. The second kappa shape index (κ2) is 5.53. The molecule has 0 heterocycles. The molecule has 84 valence electrons. The predicted molar refractivity (Wildman–Crippen MR) is 53.4 cm³/mol. The van der Waals surface area contributed by atoms with Crippen molar-refractivity contribution >= 4 is 5.78 Å². The van der Waals surface area contributed by atoms with E-state index in [1.165, 1.54) is 26.0 Å². The van der Waals surface area contributed by atoms with Crippen LogP contribution in [0.15, 0.2) is 35.5 Å². The number of carbonyl (C=O) groups is 1. The Morgan fingerprint density at radius 3 is 2.07 bits per heavy atom. The van der Waals surface area contributed by atoms with Gasteiger partial charge in [0.2, 0.25) is 0 Å². The van der Waals surface area contributed by atoms with Crippen molar-refractivity contribution in [3.8, 4) is 0 Å². The highest BCUT2D eigenvalue weighted by molar-refractivity contribution is 5.92. The SMILES string of the molecule is C/C=C(/C=C\C=C(/C)C(C)=O)C(F)(F)F. The lowest BCUT2D eigenvalue weighted by molar-refractivity contribution is -0.113. The molecule has 0 fully saturated rings. The molecule has 0 aliphatic rings. The van der Waals surface area contributed by atoms with Gasteiger partial charge in [0.1, 0.15) is 0 Å². The lowest BCUT2D eigenvalue weighted by atomic mass is 10.1. The first-order chi connectivity index (χ1) is 6.79. The van der Waals surface area contributed by atoms with Gasteiger partial charge in [-0.1, -0.05) is 24.3 Å². The van der Waals surface area contributed by atoms with Gasteiger partial charge < -0.3 is 0 Å². The Kier molecular flexibility index (Phi) is 5.05. The van der Waals surface area contributed by atoms with Crippen LogP contribution in [-0.4, -0.2) is 12.0 Å². The second-order valence-electron chi connectivity index (χ2n) is 3.01. The normalized spacial score (nSPS) is 14.8. The summed E-state index contributed by atoms with van der Waals surface area (Å²) in [6.07, 6.45) is 0.153. The van der Waals surface area contributed by atoms with Crippen molar-refractivity contribution in [2.24, 2.45) is 0 Å². The third-order valence-electron chi connectivity index (χ3n) is 1.82. The van der Waals surface area contributed by atoms with Crippen molar-refractivity contribution in [1.82, 2.24) is 0 Å². The fourth-order valence-electron chi connectivity index (χ4n) is 0.768. The van der Waals surface area contributed by atoms with Gasteiger partial charge in [0.15, 0.2) is 5.78 Å². The van der Waals surface area contributed by atoms with Gasteiger partial charge in [-0.25, -0.2) is 0 Å². The number of allylic oxidation sites excluding steroid dienone is 6. The summed E-state index contributed by atoms with van der Waals surface area (Å²) in [6.45, 7) is 4.23. The van der Waals surface area contributed by atoms with Crippen LogP contribution < -0.4 is 0 Å². The van der Waals surface area contributed by atoms with Crippen LogP contribution in [0.3, 0.4) is 0 Å². The first-order valence-corrected chi connectivity index (χ1v) is 4.38. The molecule has 0 bridgehead atoms. The van der Waals surface area contributed by atoms with E-state index in [1.807, 2.05) is 0 Å². The van der Waals surface area contributed by atoms with Crippen molar-refractivity contribution in [3.05, 3.63) is 35.5 Å². The number of carbonyl (C=O) groups excluding carboxylic acids is 1. The molecule has 4 heteroatoms. The highest BCUT2D eigenvalue weighted by Gasteiger charge is 2.30. The maximum Gasteiger partial charge on any atom is 0.416 e. The Bertz CT molecular complexity index is 319. The molecule has 0 aromatic heterocycles. The number of hydrogen-bond donors (Lipinski definition) is 0. The van der Waals surface area contributed by atoms with Crippen molar-refractivity contribution in [2.75, 3.05) is 0 Å². The molecule has 0 saturated carbocycles. The van der Waals surface area contributed by atoms with Gasteiger partial charge in [0, 0.05) is 0 Å². The van der Waals surface area contributed by atoms with Crippen molar-refractivity contribution in [3.63, 3.8) is 0 Å². The third kappa shape index (κ3) is 5.20. The van der Waals surface area contributed by atoms with Crippen LogP contribution in [0.5, 0.6) is 0 Å². The molecule has 0 aromatic carbocycles. The zero-order chi connectivity index (χ0) is 12.1. The van der Waals surface area contributed by atoms with Crippen LogP contribution in [0.1, 0.15) is 20.8 Å². The number of ketones is 1. The van der Waals surface area contributed by atoms with Gasteiger partial charge in [-0.2, -0.15) is 13.2 Å². The summed E-state index contributed by atoms with van der Waals surface area (Å²) in [5.74, 6) is -0.159. The molecule has 0 aromatic rings. The lowest BCUT2D eigenvalue weighted by Crippen LogP contribution is -2.09. The summed E-state index contributed by atoms with van der Waals surface area (Å²) < 4.78 is 36.6. The number of rotatable bonds is 3. The summed E-state index contributed by atoms with van der Waals surface area (Å²) in [4.78, 5) is 10.7. The molecule has 1 nitrogen and oxygen atoms in total. The van der Waals surface area contributed by atoms with Crippen LogP contribution in [0.25, 0.3) is 0 Å². The quantitative estimate of drug-likeness (QED) is 0.522. The van der Waals surface area contributed by atoms with Gasteiger partial charge in [0.05, 0.1) is 5.57 Å². The lowest BCUT2D eigenvalue weighted by Gasteiger charge is -2.05. The zero-order valence-electron chi connectivity index (χ0n) is 8.85. The Morgan fingerprint density at radius 2 is 1.73 bits per heavy atom.